The van der Waals surface area contributed by atoms with E-state index in [9.17, 15) is 14.7 Å². The van der Waals surface area contributed by atoms with Gasteiger partial charge in [0.05, 0.1) is 22.7 Å². The molecule has 0 radical (unpaired) electrons. The molecule has 2 heterocycles. The number of amides is 2. The van der Waals surface area contributed by atoms with Crippen LogP contribution in [-0.2, 0) is 15.9 Å². The van der Waals surface area contributed by atoms with Gasteiger partial charge in [-0.15, -0.1) is 11.6 Å². The summed E-state index contributed by atoms with van der Waals surface area (Å²) in [6.07, 6.45) is 4.32. The highest BCUT2D eigenvalue weighted by molar-refractivity contribution is 6.32. The van der Waals surface area contributed by atoms with Crippen LogP contribution in [0.3, 0.4) is 0 Å². The van der Waals surface area contributed by atoms with Crippen LogP contribution < -0.4 is 5.32 Å². The minimum absolute atomic E-state index is 0.178. The first-order valence-corrected chi connectivity index (χ1v) is 11.7. The molecule has 3 atom stereocenters. The summed E-state index contributed by atoms with van der Waals surface area (Å²) in [6.45, 7) is 7.68. The van der Waals surface area contributed by atoms with Gasteiger partial charge in [-0.1, -0.05) is 48.0 Å². The van der Waals surface area contributed by atoms with Gasteiger partial charge in [0.2, 0.25) is 0 Å². The molecule has 4 rings (SSSR count). The third kappa shape index (κ3) is 3.95. The van der Waals surface area contributed by atoms with E-state index in [0.717, 1.165) is 22.4 Å². The first-order valence-electron chi connectivity index (χ1n) is 11.3. The van der Waals surface area contributed by atoms with Crippen LogP contribution >= 0.6 is 11.6 Å². The number of rotatable bonds is 5. The molecular formula is C27H30ClN3O3. The second-order valence-electron chi connectivity index (χ2n) is 9.68. The van der Waals surface area contributed by atoms with Gasteiger partial charge in [0.15, 0.2) is 5.60 Å². The maximum absolute atomic E-state index is 13.8. The Labute approximate surface area is 205 Å². The number of allylic oxidation sites excluding steroid dienone is 1. The molecule has 0 saturated heterocycles. The maximum atomic E-state index is 13.8. The van der Waals surface area contributed by atoms with Crippen LogP contribution in [0.1, 0.15) is 59.8 Å². The van der Waals surface area contributed by atoms with Gasteiger partial charge in [-0.3, -0.25) is 14.6 Å². The first kappa shape index (κ1) is 24.2. The van der Waals surface area contributed by atoms with Crippen molar-refractivity contribution in [2.24, 2.45) is 4.99 Å². The predicted octanol–water partition coefficient (Wildman–Crippen LogP) is 4.02. The zero-order valence-corrected chi connectivity index (χ0v) is 20.9. The Morgan fingerprint density at radius 2 is 1.91 bits per heavy atom. The number of nitrogens with one attached hydrogen (secondary N) is 1. The summed E-state index contributed by atoms with van der Waals surface area (Å²) in [5.41, 5.74) is 2.00. The van der Waals surface area contributed by atoms with E-state index in [2.05, 4.69) is 10.3 Å². The Bertz CT molecular complexity index is 1210. The number of alkyl halides is 1. The Balaban J connectivity index is 1.82. The van der Waals surface area contributed by atoms with Crippen LogP contribution in [0.15, 0.2) is 59.2 Å². The van der Waals surface area contributed by atoms with Gasteiger partial charge >= 0.3 is 0 Å². The summed E-state index contributed by atoms with van der Waals surface area (Å²) in [5, 5.41) is 13.3. The molecule has 2 aliphatic heterocycles. The lowest BCUT2D eigenvalue weighted by Crippen LogP contribution is -2.43. The number of aryl methyl sites for hydroxylation is 1. The zero-order valence-electron chi connectivity index (χ0n) is 20.1. The summed E-state index contributed by atoms with van der Waals surface area (Å²) < 4.78 is 0. The lowest BCUT2D eigenvalue weighted by molar-refractivity contribution is -0.138. The van der Waals surface area contributed by atoms with E-state index in [0.29, 0.717) is 24.1 Å². The number of hydrogen-bond donors (Lipinski definition) is 2. The largest absolute Gasteiger partial charge is 0.376 e. The maximum Gasteiger partial charge on any atom is 0.256 e. The molecule has 2 amide bonds. The molecule has 2 aromatic rings. The molecule has 2 N–H and O–H groups in total. The minimum Gasteiger partial charge on any atom is -0.376 e. The molecular weight excluding hydrogens is 450 g/mol. The van der Waals surface area contributed by atoms with Gasteiger partial charge in [0.1, 0.15) is 0 Å². The molecule has 0 saturated carbocycles. The summed E-state index contributed by atoms with van der Waals surface area (Å²) in [7, 11) is 1.47. The second-order valence-corrected chi connectivity index (χ2v) is 10.5. The number of carbonyl (C=O) groups excluding carboxylic acids is 2. The van der Waals surface area contributed by atoms with Crippen LogP contribution in [0.5, 0.6) is 0 Å². The van der Waals surface area contributed by atoms with Crippen molar-refractivity contribution < 1.29 is 14.7 Å². The highest BCUT2D eigenvalue weighted by Crippen LogP contribution is 2.45. The van der Waals surface area contributed by atoms with Crippen LogP contribution in [0, 0.1) is 6.92 Å². The molecule has 178 valence electrons. The average Bonchev–Trinajstić information content (AvgIpc) is 3.02. The third-order valence-corrected chi connectivity index (χ3v) is 7.21. The summed E-state index contributed by atoms with van der Waals surface area (Å²) in [5.74, 6) is -0.718. The standard InChI is InChI=1S/C27H30ClN3O3/c1-17-6-8-18(9-7-17)26(3)22-11-10-19(27(4,34)24(33)29-5)14-21(22)23(32)31(26)15-20-12-13-25(2,28)16-30-20/h6-12,14,16,34H,13,15H2,1-5H3,(H,29,33)/t25?,26-,27?/m0/s1. The van der Waals surface area contributed by atoms with E-state index in [1.54, 1.807) is 23.2 Å². The van der Waals surface area contributed by atoms with Gasteiger partial charge in [0.25, 0.3) is 11.8 Å². The van der Waals surface area contributed by atoms with Crippen LogP contribution in [0.4, 0.5) is 0 Å². The average molecular weight is 480 g/mol. The number of likely N-dealkylation sites (N-methyl/N-ethyl adjacent to an activating group) is 1. The molecule has 34 heavy (non-hydrogen) atoms. The second kappa shape index (κ2) is 8.36. The molecule has 6 nitrogen and oxygen atoms in total. The van der Waals surface area contributed by atoms with Crippen LogP contribution in [-0.4, -0.2) is 46.5 Å². The highest BCUT2D eigenvalue weighted by Gasteiger charge is 2.48. The molecule has 0 bridgehead atoms. The van der Waals surface area contributed by atoms with Crippen molar-refractivity contribution in [2.45, 2.75) is 50.1 Å². The van der Waals surface area contributed by atoms with Crippen molar-refractivity contribution in [2.75, 3.05) is 13.6 Å². The zero-order chi connectivity index (χ0) is 24.9. The summed E-state index contributed by atoms with van der Waals surface area (Å²) >= 11 is 6.39. The van der Waals surface area contributed by atoms with Crippen LogP contribution in [0.25, 0.3) is 0 Å². The topological polar surface area (TPSA) is 82.0 Å². The number of nitrogens with zero attached hydrogens (tertiary/aromatic N) is 2. The van der Waals surface area contributed by atoms with Gasteiger partial charge in [0, 0.05) is 18.8 Å². The fourth-order valence-corrected chi connectivity index (χ4v) is 4.77. The third-order valence-electron chi connectivity index (χ3n) is 6.96. The smallest absolute Gasteiger partial charge is 0.256 e. The fourth-order valence-electron chi connectivity index (χ4n) is 4.64. The number of aliphatic hydroxyl groups is 1. The van der Waals surface area contributed by atoms with E-state index in [1.807, 2.05) is 57.2 Å². The van der Waals surface area contributed by atoms with Crippen molar-refractivity contribution in [1.82, 2.24) is 10.2 Å². The lowest BCUT2D eigenvalue weighted by Gasteiger charge is -2.37. The van der Waals surface area contributed by atoms with Crippen molar-refractivity contribution in [1.29, 1.82) is 0 Å². The Morgan fingerprint density at radius 1 is 1.24 bits per heavy atom. The van der Waals surface area contributed by atoms with Gasteiger partial charge in [-0.25, -0.2) is 0 Å². The Hall–Kier alpha value is -2.96. The quantitative estimate of drug-likeness (QED) is 0.635. The first-order chi connectivity index (χ1) is 15.9. The number of fused-ring (bicyclic) bond motifs is 1. The Morgan fingerprint density at radius 3 is 2.50 bits per heavy atom. The van der Waals surface area contributed by atoms with Crippen molar-refractivity contribution >= 4 is 29.6 Å². The number of hydrogen-bond acceptors (Lipinski definition) is 4. The minimum atomic E-state index is -1.77. The molecule has 0 fully saturated rings. The fraction of sp³-hybridized carbons (Fsp3) is 0.370. The number of benzene rings is 2. The van der Waals surface area contributed by atoms with E-state index in [-0.39, 0.29) is 5.91 Å². The molecule has 0 aromatic heterocycles. The molecule has 2 aliphatic rings. The van der Waals surface area contributed by atoms with Crippen molar-refractivity contribution in [3.8, 4) is 0 Å². The van der Waals surface area contributed by atoms with E-state index >= 15 is 0 Å². The molecule has 0 spiro atoms. The van der Waals surface area contributed by atoms with E-state index in [1.165, 1.54) is 14.0 Å². The monoisotopic (exact) mass is 479 g/mol. The number of carbonyl (C=O) groups is 2. The van der Waals surface area contributed by atoms with Gasteiger partial charge in [-0.2, -0.15) is 0 Å². The van der Waals surface area contributed by atoms with Gasteiger partial charge in [-0.05, 0) is 56.9 Å². The summed E-state index contributed by atoms with van der Waals surface area (Å²) in [4.78, 5) is 31.9. The molecule has 2 aromatic carbocycles. The van der Waals surface area contributed by atoms with E-state index < -0.39 is 21.9 Å². The van der Waals surface area contributed by atoms with Gasteiger partial charge < -0.3 is 15.3 Å². The Kier molecular flexibility index (Phi) is 5.95. The molecule has 2 unspecified atom stereocenters. The lowest BCUT2D eigenvalue weighted by atomic mass is 9.82. The molecule has 0 aliphatic carbocycles. The van der Waals surface area contributed by atoms with E-state index in [4.69, 9.17) is 11.6 Å². The highest BCUT2D eigenvalue weighted by atomic mass is 35.5. The number of halogens is 1. The van der Waals surface area contributed by atoms with Crippen LogP contribution in [0.2, 0.25) is 0 Å². The SMILES string of the molecule is CNC(=O)C(C)(O)c1ccc2c(c1)C(=O)N(CC1=CCC(C)(Cl)C=N1)[C@@]2(C)c1ccc(C)cc1. The van der Waals surface area contributed by atoms with Crippen molar-refractivity contribution in [3.63, 3.8) is 0 Å². The van der Waals surface area contributed by atoms with Crippen molar-refractivity contribution in [3.05, 3.63) is 82.1 Å². The summed E-state index contributed by atoms with van der Waals surface area (Å²) in [6, 6.07) is 13.3. The predicted molar refractivity (Wildman–Crippen MR) is 134 cm³/mol. The normalized spacial score (nSPS) is 25.6. The number of aliphatic imine (C=N–C) groups is 1. The molecule has 7 heteroatoms.